The first-order valence-electron chi connectivity index (χ1n) is 1.87. The van der Waals surface area contributed by atoms with Gasteiger partial charge in [-0.2, -0.15) is 0 Å². The Kier molecular flexibility index (Phi) is 24.0. The van der Waals surface area contributed by atoms with Gasteiger partial charge in [-0.25, -0.2) is 0 Å². The maximum absolute atomic E-state index is 11.0. The number of hydrogen-bond acceptors (Lipinski definition) is 2. The van der Waals surface area contributed by atoms with Crippen LogP contribution in [0.3, 0.4) is 0 Å². The summed E-state index contributed by atoms with van der Waals surface area (Å²) in [6.45, 7) is 0.0305. The molecular formula is C2H8AlFO2Si. The molecule has 0 bridgehead atoms. The zero-order chi connectivity index (χ0) is 6.12. The van der Waals surface area contributed by atoms with Gasteiger partial charge in [0.05, 0.1) is 0 Å². The standard InChI is InChI=1S/C2H7FOSi.Al.O.H/c3-5-2-1-4;;;/h4H,1-2,5H2;;;. The van der Waals surface area contributed by atoms with Crippen LogP contribution < -0.4 is 0 Å². The van der Waals surface area contributed by atoms with E-state index in [4.69, 9.17) is 8.91 Å². The Balaban J connectivity index is 0. The molecule has 1 N–H and O–H groups in total. The Morgan fingerprint density at radius 2 is 2.14 bits per heavy atom. The van der Waals surface area contributed by atoms with Gasteiger partial charge in [0.15, 0.2) is 0 Å². The van der Waals surface area contributed by atoms with Gasteiger partial charge in [-0.15, -0.1) is 0 Å². The fourth-order valence-electron chi connectivity index (χ4n) is 0.0598. The van der Waals surface area contributed by atoms with Crippen molar-refractivity contribution in [2.24, 2.45) is 0 Å². The molecular weight excluding hydrogens is 130 g/mol. The zero-order valence-corrected chi connectivity index (χ0v) is 6.89. The predicted molar refractivity (Wildman–Crippen MR) is 29.4 cm³/mol. The van der Waals surface area contributed by atoms with E-state index in [-0.39, 0.29) is 6.61 Å². The summed E-state index contributed by atoms with van der Waals surface area (Å²) in [5.41, 5.74) is 0. The van der Waals surface area contributed by atoms with Crippen LogP contribution in [0.15, 0.2) is 0 Å². The van der Waals surface area contributed by atoms with E-state index in [1.54, 1.807) is 0 Å². The summed E-state index contributed by atoms with van der Waals surface area (Å²) in [5, 5.41) is 7.86. The van der Waals surface area contributed by atoms with Crippen molar-refractivity contribution >= 4 is 26.1 Å². The van der Waals surface area contributed by atoms with Gasteiger partial charge in [-0.05, 0) is 6.04 Å². The van der Waals surface area contributed by atoms with Gasteiger partial charge in [-0.3, -0.25) is 0 Å². The molecule has 0 atom stereocenters. The van der Waals surface area contributed by atoms with Crippen molar-refractivity contribution in [3.8, 4) is 0 Å². The van der Waals surface area contributed by atoms with Crippen molar-refractivity contribution in [3.63, 3.8) is 0 Å². The van der Waals surface area contributed by atoms with Gasteiger partial charge in [0.2, 0.25) is 9.85 Å². The van der Waals surface area contributed by atoms with Crippen LogP contribution in [0.25, 0.3) is 0 Å². The molecule has 0 radical (unpaired) electrons. The number of rotatable bonds is 2. The molecule has 2 nitrogen and oxygen atoms in total. The summed E-state index contributed by atoms with van der Waals surface area (Å²) >= 11 is 0.611. The molecule has 0 rings (SSSR count). The van der Waals surface area contributed by atoms with Crippen molar-refractivity contribution in [2.75, 3.05) is 6.61 Å². The number of aliphatic hydroxyl groups is 1. The van der Waals surface area contributed by atoms with Crippen LogP contribution in [0.1, 0.15) is 0 Å². The molecule has 0 aliphatic carbocycles. The van der Waals surface area contributed by atoms with E-state index in [9.17, 15) is 4.11 Å². The Labute approximate surface area is 52.4 Å². The van der Waals surface area contributed by atoms with Crippen molar-refractivity contribution in [1.82, 2.24) is 0 Å². The molecule has 0 aromatic heterocycles. The van der Waals surface area contributed by atoms with Crippen molar-refractivity contribution in [2.45, 2.75) is 6.04 Å². The van der Waals surface area contributed by atoms with Gasteiger partial charge >= 0.3 is 20.0 Å². The second kappa shape index (κ2) is 16.1. The molecule has 0 amide bonds. The van der Waals surface area contributed by atoms with Crippen molar-refractivity contribution in [1.29, 1.82) is 0 Å². The van der Waals surface area contributed by atoms with Crippen LogP contribution in [0.4, 0.5) is 4.11 Å². The quantitative estimate of drug-likeness (QED) is 0.380. The Hall–Kier alpha value is 0.439. The van der Waals surface area contributed by atoms with Gasteiger partial charge in [0.25, 0.3) is 0 Å². The third-order valence-electron chi connectivity index (χ3n) is 0.292. The van der Waals surface area contributed by atoms with Gasteiger partial charge < -0.3 is 9.21 Å². The summed E-state index contributed by atoms with van der Waals surface area (Å²) in [4.78, 5) is 0. The van der Waals surface area contributed by atoms with Gasteiger partial charge in [0, 0.05) is 6.61 Å². The van der Waals surface area contributed by atoms with Crippen molar-refractivity contribution < 1.29 is 13.0 Å². The molecule has 0 heterocycles. The van der Waals surface area contributed by atoms with Crippen LogP contribution in [0.5, 0.6) is 0 Å². The van der Waals surface area contributed by atoms with E-state index < -0.39 is 9.85 Å². The molecule has 0 aliphatic rings. The molecule has 0 saturated carbocycles. The maximum atomic E-state index is 11.0. The second-order valence-corrected chi connectivity index (χ2v) is 1.85. The first kappa shape index (κ1) is 10.4. The van der Waals surface area contributed by atoms with Crippen molar-refractivity contribution in [3.05, 3.63) is 0 Å². The first-order valence-corrected chi connectivity index (χ1v) is 3.98. The van der Waals surface area contributed by atoms with E-state index in [0.717, 1.165) is 0 Å². The van der Waals surface area contributed by atoms with E-state index in [1.807, 2.05) is 0 Å². The van der Waals surface area contributed by atoms with Crippen LogP contribution in [0.2, 0.25) is 6.04 Å². The summed E-state index contributed by atoms with van der Waals surface area (Å²) < 4.78 is 19.3. The van der Waals surface area contributed by atoms with E-state index >= 15 is 0 Å². The monoisotopic (exact) mass is 138 g/mol. The van der Waals surface area contributed by atoms with Gasteiger partial charge in [0.1, 0.15) is 0 Å². The summed E-state index contributed by atoms with van der Waals surface area (Å²) in [6.07, 6.45) is 0. The summed E-state index contributed by atoms with van der Waals surface area (Å²) in [7, 11) is -1.34. The molecule has 0 spiro atoms. The SMILES string of the molecule is OCC[SiH2]F.[O]=[AlH]. The molecule has 0 aromatic rings. The van der Waals surface area contributed by atoms with Gasteiger partial charge in [-0.1, -0.05) is 0 Å². The topological polar surface area (TPSA) is 37.3 Å². The van der Waals surface area contributed by atoms with Crippen LogP contribution >= 0.6 is 0 Å². The molecule has 42 valence electrons. The second-order valence-electron chi connectivity index (χ2n) is 0.766. The Morgan fingerprint density at radius 3 is 2.14 bits per heavy atom. The first-order chi connectivity index (χ1) is 3.41. The molecule has 7 heavy (non-hydrogen) atoms. The number of halogens is 1. The number of aliphatic hydroxyl groups excluding tert-OH is 1. The van der Waals surface area contributed by atoms with Crippen LogP contribution in [-0.2, 0) is 3.80 Å². The van der Waals surface area contributed by atoms with Crippen LogP contribution in [0, 0.1) is 0 Å². The average Bonchev–Trinajstić information content (AvgIpc) is 1.75. The molecule has 5 heteroatoms. The molecule has 0 unspecified atom stereocenters. The predicted octanol–water partition coefficient (Wildman–Crippen LogP) is -1.32. The Bertz CT molecular complexity index is 29.7. The fraction of sp³-hybridized carbons (Fsp3) is 1.00. The Morgan fingerprint density at radius 1 is 1.71 bits per heavy atom. The number of hydrogen-bond donors (Lipinski definition) is 1. The third-order valence-corrected chi connectivity index (χ3v) is 0.875. The minimum atomic E-state index is -1.34. The third kappa shape index (κ3) is 21.3. The normalized spacial score (nSPS) is 8.14. The molecule has 0 aromatic carbocycles. The summed E-state index contributed by atoms with van der Waals surface area (Å²) in [6, 6.07) is 0.417. The molecule has 0 fully saturated rings. The van der Waals surface area contributed by atoms with E-state index in [0.29, 0.717) is 22.3 Å². The minimum absolute atomic E-state index is 0.0305. The fourth-order valence-corrected chi connectivity index (χ4v) is 0.179. The van der Waals surface area contributed by atoms with Crippen LogP contribution in [-0.4, -0.2) is 37.8 Å². The molecule has 0 aliphatic heterocycles. The average molecular weight is 138 g/mol. The van der Waals surface area contributed by atoms with E-state index in [1.165, 1.54) is 0 Å². The molecule has 0 saturated heterocycles. The zero-order valence-electron chi connectivity index (χ0n) is 4.06. The summed E-state index contributed by atoms with van der Waals surface area (Å²) in [5.74, 6) is 0. The van der Waals surface area contributed by atoms with E-state index in [2.05, 4.69) is 0 Å².